The molecule has 0 spiro atoms. The summed E-state index contributed by atoms with van der Waals surface area (Å²) in [4.78, 5) is 0. The number of benzene rings is 1. The molecule has 0 aliphatic heterocycles. The van der Waals surface area contributed by atoms with Gasteiger partial charge in [-0.1, -0.05) is 32.0 Å². The first-order valence-electron chi connectivity index (χ1n) is 7.40. The molecule has 0 amide bonds. The number of hydrogen-bond acceptors (Lipinski definition) is 1. The first-order valence-corrected chi connectivity index (χ1v) is 7.40. The smallest absolute Gasteiger partial charge is 0.126 e. The molecule has 2 heteroatoms. The molecule has 1 nitrogen and oxygen atoms in total. The van der Waals surface area contributed by atoms with Crippen LogP contribution in [0.5, 0.6) is 0 Å². The minimum atomic E-state index is -0.0471. The van der Waals surface area contributed by atoms with E-state index in [2.05, 4.69) is 19.2 Å². The number of nitrogens with one attached hydrogen (secondary N) is 1. The summed E-state index contributed by atoms with van der Waals surface area (Å²) in [5, 5.41) is 3.30. The molecule has 1 aliphatic carbocycles. The number of rotatable bonds is 4. The zero-order valence-corrected chi connectivity index (χ0v) is 12.4. The lowest BCUT2D eigenvalue weighted by Gasteiger charge is -2.41. The largest absolute Gasteiger partial charge is 0.319 e. The van der Waals surface area contributed by atoms with Gasteiger partial charge in [0.15, 0.2) is 0 Å². The molecule has 0 bridgehead atoms. The van der Waals surface area contributed by atoms with Gasteiger partial charge in [0.2, 0.25) is 0 Å². The number of halogens is 1. The highest BCUT2D eigenvalue weighted by atomic mass is 19.1. The summed E-state index contributed by atoms with van der Waals surface area (Å²) in [5.74, 6) is 1.22. The highest BCUT2D eigenvalue weighted by Gasteiger charge is 2.34. The van der Waals surface area contributed by atoms with E-state index >= 15 is 0 Å². The third-order valence-corrected chi connectivity index (χ3v) is 4.58. The zero-order chi connectivity index (χ0) is 13.9. The Morgan fingerprint density at radius 3 is 2.68 bits per heavy atom. The van der Waals surface area contributed by atoms with Gasteiger partial charge in [0.1, 0.15) is 5.82 Å². The Hall–Kier alpha value is -0.890. The summed E-state index contributed by atoms with van der Waals surface area (Å²) in [7, 11) is 2.01. The Morgan fingerprint density at radius 2 is 2.00 bits per heavy atom. The van der Waals surface area contributed by atoms with E-state index < -0.39 is 0 Å². The normalized spacial score (nSPS) is 26.3. The maximum Gasteiger partial charge on any atom is 0.126 e. The van der Waals surface area contributed by atoms with Gasteiger partial charge in [0.05, 0.1) is 0 Å². The van der Waals surface area contributed by atoms with Gasteiger partial charge >= 0.3 is 0 Å². The van der Waals surface area contributed by atoms with Crippen LogP contribution in [0.2, 0.25) is 0 Å². The van der Waals surface area contributed by atoms with Gasteiger partial charge in [-0.15, -0.1) is 0 Å². The lowest BCUT2D eigenvalue weighted by molar-refractivity contribution is 0.116. The van der Waals surface area contributed by atoms with Crippen molar-refractivity contribution in [1.29, 1.82) is 0 Å². The standard InChI is InChI=1S/C17H26FN/c1-17(2)9-8-14(12-19-3)15(11-17)10-13-6-4-5-7-16(13)18/h4-7,14-15,19H,8-12H2,1-3H3. The van der Waals surface area contributed by atoms with Crippen LogP contribution in [0.3, 0.4) is 0 Å². The summed E-state index contributed by atoms with van der Waals surface area (Å²) in [6.45, 7) is 5.74. The average Bonchev–Trinajstić information content (AvgIpc) is 2.35. The zero-order valence-electron chi connectivity index (χ0n) is 12.4. The second-order valence-corrected chi connectivity index (χ2v) is 6.78. The SMILES string of the molecule is CNCC1CCC(C)(C)CC1Cc1ccccc1F. The van der Waals surface area contributed by atoms with Crippen LogP contribution in [0.25, 0.3) is 0 Å². The summed E-state index contributed by atoms with van der Waals surface area (Å²) < 4.78 is 13.8. The molecular weight excluding hydrogens is 237 g/mol. The van der Waals surface area contributed by atoms with Crippen molar-refractivity contribution in [2.45, 2.75) is 39.5 Å². The third-order valence-electron chi connectivity index (χ3n) is 4.58. The molecule has 1 aromatic carbocycles. The van der Waals surface area contributed by atoms with Crippen LogP contribution in [-0.2, 0) is 6.42 Å². The van der Waals surface area contributed by atoms with Crippen molar-refractivity contribution in [3.63, 3.8) is 0 Å². The second-order valence-electron chi connectivity index (χ2n) is 6.78. The maximum atomic E-state index is 13.8. The van der Waals surface area contributed by atoms with Crippen molar-refractivity contribution in [2.75, 3.05) is 13.6 Å². The van der Waals surface area contributed by atoms with E-state index in [1.807, 2.05) is 19.2 Å². The molecule has 19 heavy (non-hydrogen) atoms. The predicted molar refractivity (Wildman–Crippen MR) is 78.6 cm³/mol. The molecule has 0 heterocycles. The van der Waals surface area contributed by atoms with Crippen LogP contribution in [0.4, 0.5) is 4.39 Å². The predicted octanol–water partition coefficient (Wildman–Crippen LogP) is 4.03. The molecule has 1 N–H and O–H groups in total. The van der Waals surface area contributed by atoms with Crippen molar-refractivity contribution in [3.05, 3.63) is 35.6 Å². The number of hydrogen-bond donors (Lipinski definition) is 1. The lowest BCUT2D eigenvalue weighted by atomic mass is 9.65. The molecule has 2 unspecified atom stereocenters. The molecule has 2 rings (SSSR count). The Labute approximate surface area is 116 Å². The molecule has 1 fully saturated rings. The van der Waals surface area contributed by atoms with Crippen LogP contribution in [0, 0.1) is 23.1 Å². The van der Waals surface area contributed by atoms with E-state index in [4.69, 9.17) is 0 Å². The fourth-order valence-electron chi connectivity index (χ4n) is 3.51. The summed E-state index contributed by atoms with van der Waals surface area (Å²) >= 11 is 0. The molecule has 106 valence electrons. The Balaban J connectivity index is 2.11. The highest BCUT2D eigenvalue weighted by molar-refractivity contribution is 5.18. The summed E-state index contributed by atoms with van der Waals surface area (Å²) in [5.41, 5.74) is 1.28. The van der Waals surface area contributed by atoms with E-state index in [1.54, 1.807) is 12.1 Å². The van der Waals surface area contributed by atoms with Gasteiger partial charge in [0.25, 0.3) is 0 Å². The van der Waals surface area contributed by atoms with Crippen LogP contribution < -0.4 is 5.32 Å². The Bertz CT molecular complexity index is 413. The fraction of sp³-hybridized carbons (Fsp3) is 0.647. The third kappa shape index (κ3) is 3.79. The molecule has 1 saturated carbocycles. The molecular formula is C17H26FN. The first kappa shape index (κ1) is 14.5. The topological polar surface area (TPSA) is 12.0 Å². The van der Waals surface area contributed by atoms with Crippen LogP contribution in [0.1, 0.15) is 38.7 Å². The van der Waals surface area contributed by atoms with Crippen molar-refractivity contribution in [3.8, 4) is 0 Å². The molecule has 0 aromatic heterocycles. The summed E-state index contributed by atoms with van der Waals surface area (Å²) in [6.07, 6.45) is 4.62. The van der Waals surface area contributed by atoms with Gasteiger partial charge in [-0.05, 0) is 68.2 Å². The fourth-order valence-corrected chi connectivity index (χ4v) is 3.51. The first-order chi connectivity index (χ1) is 9.02. The van der Waals surface area contributed by atoms with Crippen LogP contribution in [-0.4, -0.2) is 13.6 Å². The van der Waals surface area contributed by atoms with Gasteiger partial charge in [-0.25, -0.2) is 4.39 Å². The Morgan fingerprint density at radius 1 is 1.26 bits per heavy atom. The second kappa shape index (κ2) is 6.04. The van der Waals surface area contributed by atoms with Crippen LogP contribution >= 0.6 is 0 Å². The van der Waals surface area contributed by atoms with E-state index in [0.29, 0.717) is 17.3 Å². The van der Waals surface area contributed by atoms with Crippen molar-refractivity contribution in [1.82, 2.24) is 5.32 Å². The maximum absolute atomic E-state index is 13.8. The van der Waals surface area contributed by atoms with E-state index in [9.17, 15) is 4.39 Å². The summed E-state index contributed by atoms with van der Waals surface area (Å²) in [6, 6.07) is 7.23. The lowest BCUT2D eigenvalue weighted by Crippen LogP contribution is -2.36. The van der Waals surface area contributed by atoms with Crippen molar-refractivity contribution in [2.24, 2.45) is 17.3 Å². The van der Waals surface area contributed by atoms with Crippen molar-refractivity contribution >= 4 is 0 Å². The van der Waals surface area contributed by atoms with Gasteiger partial charge in [0, 0.05) is 0 Å². The van der Waals surface area contributed by atoms with Gasteiger partial charge < -0.3 is 5.32 Å². The van der Waals surface area contributed by atoms with Crippen LogP contribution in [0.15, 0.2) is 24.3 Å². The molecule has 0 radical (unpaired) electrons. The average molecular weight is 263 g/mol. The molecule has 0 saturated heterocycles. The monoisotopic (exact) mass is 263 g/mol. The minimum absolute atomic E-state index is 0.0471. The van der Waals surface area contributed by atoms with E-state index in [-0.39, 0.29) is 5.82 Å². The molecule has 1 aromatic rings. The molecule has 1 aliphatic rings. The Kier molecular flexibility index (Phi) is 4.62. The van der Waals surface area contributed by atoms with E-state index in [0.717, 1.165) is 18.5 Å². The van der Waals surface area contributed by atoms with E-state index in [1.165, 1.54) is 19.3 Å². The minimum Gasteiger partial charge on any atom is -0.319 e. The highest BCUT2D eigenvalue weighted by Crippen LogP contribution is 2.43. The quantitative estimate of drug-likeness (QED) is 0.865. The van der Waals surface area contributed by atoms with Crippen molar-refractivity contribution < 1.29 is 4.39 Å². The van der Waals surface area contributed by atoms with Gasteiger partial charge in [-0.3, -0.25) is 0 Å². The van der Waals surface area contributed by atoms with Gasteiger partial charge in [-0.2, -0.15) is 0 Å². The molecule has 2 atom stereocenters.